The second kappa shape index (κ2) is 11.3. The van der Waals surface area contributed by atoms with Crippen LogP contribution in [0.15, 0.2) is 47.3 Å². The number of aliphatic hydroxyl groups excluding tert-OH is 1. The van der Waals surface area contributed by atoms with Gasteiger partial charge in [0.1, 0.15) is 11.4 Å². The molecule has 0 radical (unpaired) electrons. The molecule has 0 fully saturated rings. The molecule has 39 heavy (non-hydrogen) atoms. The number of imidazole rings is 1. The maximum Gasteiger partial charge on any atom is 0.270 e. The van der Waals surface area contributed by atoms with Crippen molar-refractivity contribution < 1.29 is 14.7 Å². The van der Waals surface area contributed by atoms with Crippen LogP contribution in [-0.2, 0) is 6.54 Å². The number of benzene rings is 1. The molecular weight excluding hydrogens is 556 g/mol. The van der Waals surface area contributed by atoms with E-state index in [2.05, 4.69) is 15.6 Å². The number of nitrogen functional groups attached to an aromatic ring is 1. The van der Waals surface area contributed by atoms with Crippen LogP contribution in [0.1, 0.15) is 46.7 Å². The number of nitrogens with one attached hydrogen (secondary N) is 2. The SMILES string of the molecule is CC(C)C[C@@H](CO)NC(=O)c1c(-c2ccsc2)nc2c(C(=O)NCc3ccc4nc(N)sc4c3)cc(Cl)cn12. The van der Waals surface area contributed by atoms with E-state index in [0.717, 1.165) is 21.3 Å². The Labute approximate surface area is 237 Å². The summed E-state index contributed by atoms with van der Waals surface area (Å²) >= 11 is 9.31. The zero-order chi connectivity index (χ0) is 27.7. The molecule has 202 valence electrons. The van der Waals surface area contributed by atoms with Crippen molar-refractivity contribution in [2.24, 2.45) is 5.92 Å². The highest BCUT2D eigenvalue weighted by atomic mass is 35.5. The third-order valence-corrected chi connectivity index (χ3v) is 7.91. The molecule has 1 atom stereocenters. The second-order valence-corrected chi connectivity index (χ2v) is 11.9. The van der Waals surface area contributed by atoms with Gasteiger partial charge in [0.2, 0.25) is 0 Å². The molecular formula is C27H27ClN6O3S2. The maximum atomic E-state index is 13.6. The summed E-state index contributed by atoms with van der Waals surface area (Å²) < 4.78 is 2.49. The summed E-state index contributed by atoms with van der Waals surface area (Å²) in [7, 11) is 0. The number of thiophene rings is 1. The Morgan fingerprint density at radius 2 is 2.00 bits per heavy atom. The van der Waals surface area contributed by atoms with Crippen LogP contribution < -0.4 is 16.4 Å². The summed E-state index contributed by atoms with van der Waals surface area (Å²) in [5, 5.41) is 20.2. The van der Waals surface area contributed by atoms with E-state index < -0.39 is 11.9 Å². The van der Waals surface area contributed by atoms with Gasteiger partial charge in [0.25, 0.3) is 11.8 Å². The molecule has 0 spiro atoms. The molecule has 0 saturated heterocycles. The van der Waals surface area contributed by atoms with Crippen LogP contribution in [0.2, 0.25) is 5.02 Å². The summed E-state index contributed by atoms with van der Waals surface area (Å²) in [5.41, 5.74) is 9.47. The van der Waals surface area contributed by atoms with Gasteiger partial charge in [-0.25, -0.2) is 9.97 Å². The number of fused-ring (bicyclic) bond motifs is 2. The smallest absolute Gasteiger partial charge is 0.270 e. The molecule has 0 saturated carbocycles. The van der Waals surface area contributed by atoms with Gasteiger partial charge in [0, 0.05) is 23.7 Å². The lowest BCUT2D eigenvalue weighted by atomic mass is 10.0. The number of hydrogen-bond acceptors (Lipinski definition) is 8. The van der Waals surface area contributed by atoms with E-state index in [0.29, 0.717) is 22.9 Å². The number of halogens is 1. The largest absolute Gasteiger partial charge is 0.394 e. The van der Waals surface area contributed by atoms with Crippen LogP contribution in [0.25, 0.3) is 27.1 Å². The first-order valence-corrected chi connectivity index (χ1v) is 14.5. The minimum atomic E-state index is -0.424. The number of nitrogens with zero attached hydrogens (tertiary/aromatic N) is 3. The van der Waals surface area contributed by atoms with Crippen molar-refractivity contribution in [3.8, 4) is 11.3 Å². The predicted molar refractivity (Wildman–Crippen MR) is 157 cm³/mol. The molecule has 4 heterocycles. The van der Waals surface area contributed by atoms with Crippen molar-refractivity contribution in [1.82, 2.24) is 25.0 Å². The van der Waals surface area contributed by atoms with Gasteiger partial charge in [-0.3, -0.25) is 14.0 Å². The summed E-state index contributed by atoms with van der Waals surface area (Å²) in [6, 6.07) is 8.68. The van der Waals surface area contributed by atoms with Crippen molar-refractivity contribution >= 4 is 67.1 Å². The summed E-state index contributed by atoms with van der Waals surface area (Å²) in [5.74, 6) is -0.512. The highest BCUT2D eigenvalue weighted by molar-refractivity contribution is 7.22. The Morgan fingerprint density at radius 3 is 2.72 bits per heavy atom. The molecule has 5 rings (SSSR count). The lowest BCUT2D eigenvalue weighted by molar-refractivity contribution is 0.0901. The van der Waals surface area contributed by atoms with Crippen LogP contribution in [0, 0.1) is 5.92 Å². The zero-order valence-electron chi connectivity index (χ0n) is 21.3. The molecule has 2 amide bonds. The topological polar surface area (TPSA) is 135 Å². The molecule has 4 aromatic heterocycles. The zero-order valence-corrected chi connectivity index (χ0v) is 23.7. The number of nitrogens with two attached hydrogens (primary N) is 1. The molecule has 0 aliphatic heterocycles. The second-order valence-electron chi connectivity index (χ2n) is 9.61. The summed E-state index contributed by atoms with van der Waals surface area (Å²) in [6.07, 6.45) is 2.19. The van der Waals surface area contributed by atoms with Gasteiger partial charge in [-0.1, -0.05) is 42.9 Å². The lowest BCUT2D eigenvalue weighted by Gasteiger charge is -2.18. The monoisotopic (exact) mass is 582 g/mol. The number of hydrogen-bond donors (Lipinski definition) is 4. The van der Waals surface area contributed by atoms with E-state index in [1.165, 1.54) is 22.7 Å². The fourth-order valence-electron chi connectivity index (χ4n) is 4.47. The van der Waals surface area contributed by atoms with Gasteiger partial charge in [-0.05, 0) is 47.5 Å². The lowest BCUT2D eigenvalue weighted by Crippen LogP contribution is -2.39. The summed E-state index contributed by atoms with van der Waals surface area (Å²) in [4.78, 5) is 36.0. The number of anilines is 1. The van der Waals surface area contributed by atoms with Crippen LogP contribution in [0.3, 0.4) is 0 Å². The van der Waals surface area contributed by atoms with E-state index >= 15 is 0 Å². The van der Waals surface area contributed by atoms with Crippen molar-refractivity contribution in [1.29, 1.82) is 0 Å². The number of pyridine rings is 1. The molecule has 9 nitrogen and oxygen atoms in total. The van der Waals surface area contributed by atoms with Gasteiger partial charge in [0.05, 0.1) is 33.5 Å². The quantitative estimate of drug-likeness (QED) is 0.194. The molecule has 5 N–H and O–H groups in total. The van der Waals surface area contributed by atoms with Crippen LogP contribution in [0.5, 0.6) is 0 Å². The number of aliphatic hydroxyl groups is 1. The number of rotatable bonds is 9. The van der Waals surface area contributed by atoms with Gasteiger partial charge < -0.3 is 21.5 Å². The normalized spacial score (nSPS) is 12.3. The Kier molecular flexibility index (Phi) is 7.85. The van der Waals surface area contributed by atoms with Crippen LogP contribution in [0.4, 0.5) is 5.13 Å². The highest BCUT2D eigenvalue weighted by Crippen LogP contribution is 2.30. The van der Waals surface area contributed by atoms with E-state index in [-0.39, 0.29) is 41.3 Å². The number of carbonyl (C=O) groups is 2. The third kappa shape index (κ3) is 5.76. The minimum absolute atomic E-state index is 0.192. The van der Waals surface area contributed by atoms with E-state index in [9.17, 15) is 14.7 Å². The number of thiazole rings is 1. The van der Waals surface area contributed by atoms with Crippen LogP contribution in [-0.4, -0.2) is 43.9 Å². The fourth-order valence-corrected chi connectivity index (χ4v) is 6.12. The van der Waals surface area contributed by atoms with Crippen molar-refractivity contribution in [2.45, 2.75) is 32.9 Å². The number of amides is 2. The average molecular weight is 583 g/mol. The number of aromatic nitrogens is 3. The average Bonchev–Trinajstić information content (AvgIpc) is 3.63. The first-order chi connectivity index (χ1) is 18.7. The van der Waals surface area contributed by atoms with Crippen molar-refractivity contribution in [3.05, 3.63) is 69.1 Å². The molecule has 0 aliphatic carbocycles. The minimum Gasteiger partial charge on any atom is -0.394 e. The Balaban J connectivity index is 1.50. The van der Waals surface area contributed by atoms with Crippen molar-refractivity contribution in [3.63, 3.8) is 0 Å². The van der Waals surface area contributed by atoms with E-state index in [1.54, 1.807) is 16.7 Å². The Morgan fingerprint density at radius 1 is 1.18 bits per heavy atom. The fraction of sp³-hybridized carbons (Fsp3) is 0.259. The first-order valence-electron chi connectivity index (χ1n) is 12.3. The first kappa shape index (κ1) is 27.1. The van der Waals surface area contributed by atoms with Crippen molar-refractivity contribution in [2.75, 3.05) is 12.3 Å². The van der Waals surface area contributed by atoms with Gasteiger partial charge in [-0.15, -0.1) is 0 Å². The highest BCUT2D eigenvalue weighted by Gasteiger charge is 2.26. The Hall–Kier alpha value is -3.51. The molecule has 0 bridgehead atoms. The molecule has 5 aromatic rings. The molecule has 0 unspecified atom stereocenters. The van der Waals surface area contributed by atoms with Gasteiger partial charge in [0.15, 0.2) is 10.8 Å². The summed E-state index contributed by atoms with van der Waals surface area (Å²) in [6.45, 7) is 4.12. The van der Waals surface area contributed by atoms with Crippen LogP contribution >= 0.6 is 34.3 Å². The maximum absolute atomic E-state index is 13.6. The predicted octanol–water partition coefficient (Wildman–Crippen LogP) is 4.97. The van der Waals surface area contributed by atoms with E-state index in [4.69, 9.17) is 22.3 Å². The molecule has 12 heteroatoms. The van der Waals surface area contributed by atoms with Gasteiger partial charge >= 0.3 is 0 Å². The van der Waals surface area contributed by atoms with Gasteiger partial charge in [-0.2, -0.15) is 11.3 Å². The number of carbonyl (C=O) groups excluding carboxylic acids is 2. The van der Waals surface area contributed by atoms with E-state index in [1.807, 2.05) is 48.9 Å². The Bertz CT molecular complexity index is 1660. The standard InChI is InChI=1S/C27H27ClN6O3S2/c1-14(2)7-18(12-35)31-26(37)23-22(16-5-6-38-13-16)33-24-19(9-17(28)11-34(23)24)25(36)30-10-15-3-4-20-21(8-15)39-27(29)32-20/h3-6,8-9,11,13-14,18,35H,7,10,12H2,1-2H3,(H2,29,32)(H,30,36)(H,31,37)/t18-/m0/s1. The molecule has 1 aromatic carbocycles. The molecule has 0 aliphatic rings. The third-order valence-electron chi connectivity index (χ3n) is 6.17.